The number of rotatable bonds is 3. The normalized spacial score (nSPS) is 21.0. The Morgan fingerprint density at radius 3 is 2.76 bits per heavy atom. The molecule has 2 rings (SSSR count). The highest BCUT2D eigenvalue weighted by atomic mass is 32.1. The highest BCUT2D eigenvalue weighted by Crippen LogP contribution is 2.30. The molecule has 0 saturated carbocycles. The first kappa shape index (κ1) is 13.0. The van der Waals surface area contributed by atoms with E-state index in [1.54, 1.807) is 11.3 Å². The van der Waals surface area contributed by atoms with Gasteiger partial charge in [0, 0.05) is 22.7 Å². The molecule has 0 aromatic carbocycles. The molecule has 1 aromatic heterocycles. The van der Waals surface area contributed by atoms with Gasteiger partial charge in [-0.25, -0.2) is 8.78 Å². The average Bonchev–Trinajstić information content (AvgIpc) is 2.64. The molecule has 0 radical (unpaired) electrons. The largest absolute Gasteiger partial charge is 0.292 e. The van der Waals surface area contributed by atoms with E-state index in [1.165, 1.54) is 9.75 Å². The van der Waals surface area contributed by atoms with E-state index >= 15 is 0 Å². The van der Waals surface area contributed by atoms with E-state index in [0.717, 1.165) is 6.54 Å². The second kappa shape index (κ2) is 5.02. The van der Waals surface area contributed by atoms with Crippen LogP contribution in [0.4, 0.5) is 8.78 Å². The lowest BCUT2D eigenvalue weighted by atomic mass is 10.1. The number of nitrogens with zero attached hydrogens (tertiary/aromatic N) is 1. The Morgan fingerprint density at radius 1 is 1.41 bits per heavy atom. The summed E-state index contributed by atoms with van der Waals surface area (Å²) in [5.41, 5.74) is 0. The van der Waals surface area contributed by atoms with Gasteiger partial charge in [0.05, 0.1) is 6.54 Å². The van der Waals surface area contributed by atoms with Crippen LogP contribution >= 0.6 is 11.3 Å². The summed E-state index contributed by atoms with van der Waals surface area (Å²) in [6.07, 6.45) is 0.653. The first-order valence-electron chi connectivity index (χ1n) is 6.15. The number of piperidine rings is 1. The summed E-state index contributed by atoms with van der Waals surface area (Å²) >= 11 is 1.75. The minimum absolute atomic E-state index is 0.0468. The molecule has 0 spiro atoms. The van der Waals surface area contributed by atoms with Gasteiger partial charge < -0.3 is 0 Å². The second-order valence-corrected chi connectivity index (χ2v) is 6.33. The zero-order valence-corrected chi connectivity index (χ0v) is 11.2. The summed E-state index contributed by atoms with van der Waals surface area (Å²) in [7, 11) is 0. The Bertz CT molecular complexity index is 373. The SMILES string of the molecule is CC(C)c1ccc(CN2CCCC(F)(F)C2)s1. The van der Waals surface area contributed by atoms with Crippen LogP contribution in [0, 0.1) is 0 Å². The molecule has 2 heterocycles. The summed E-state index contributed by atoms with van der Waals surface area (Å²) in [6.45, 7) is 5.70. The zero-order valence-electron chi connectivity index (χ0n) is 10.4. The third kappa shape index (κ3) is 3.49. The topological polar surface area (TPSA) is 3.24 Å². The molecule has 0 N–H and O–H groups in total. The maximum absolute atomic E-state index is 13.3. The first-order valence-corrected chi connectivity index (χ1v) is 6.97. The zero-order chi connectivity index (χ0) is 12.5. The Hall–Kier alpha value is -0.480. The van der Waals surface area contributed by atoms with Crippen molar-refractivity contribution in [1.29, 1.82) is 0 Å². The van der Waals surface area contributed by atoms with Crippen molar-refractivity contribution in [2.24, 2.45) is 0 Å². The standard InChI is InChI=1S/C13H19F2NS/c1-10(2)12-5-4-11(17-12)8-16-7-3-6-13(14,15)9-16/h4-5,10H,3,6-9H2,1-2H3. The van der Waals surface area contributed by atoms with Crippen LogP contribution in [0.15, 0.2) is 12.1 Å². The molecule has 0 atom stereocenters. The van der Waals surface area contributed by atoms with Crippen molar-refractivity contribution in [3.8, 4) is 0 Å². The molecule has 17 heavy (non-hydrogen) atoms. The van der Waals surface area contributed by atoms with Crippen molar-refractivity contribution >= 4 is 11.3 Å². The first-order chi connectivity index (χ1) is 7.96. The maximum atomic E-state index is 13.3. The van der Waals surface area contributed by atoms with Crippen LogP contribution in [-0.2, 0) is 6.54 Å². The van der Waals surface area contributed by atoms with E-state index in [9.17, 15) is 8.78 Å². The lowest BCUT2D eigenvalue weighted by Gasteiger charge is -2.31. The summed E-state index contributed by atoms with van der Waals surface area (Å²) in [4.78, 5) is 4.41. The van der Waals surface area contributed by atoms with E-state index in [4.69, 9.17) is 0 Å². The predicted octanol–water partition coefficient (Wildman–Crippen LogP) is 4.10. The summed E-state index contributed by atoms with van der Waals surface area (Å²) in [5, 5.41) is 0. The monoisotopic (exact) mass is 259 g/mol. The highest BCUT2D eigenvalue weighted by molar-refractivity contribution is 7.12. The molecule has 96 valence electrons. The van der Waals surface area contributed by atoms with Crippen molar-refractivity contribution < 1.29 is 8.78 Å². The van der Waals surface area contributed by atoms with Crippen molar-refractivity contribution in [2.45, 2.75) is 45.1 Å². The highest BCUT2D eigenvalue weighted by Gasteiger charge is 2.34. The van der Waals surface area contributed by atoms with Crippen LogP contribution in [0.25, 0.3) is 0 Å². The van der Waals surface area contributed by atoms with Gasteiger partial charge in [-0.05, 0) is 31.0 Å². The quantitative estimate of drug-likeness (QED) is 0.790. The molecular weight excluding hydrogens is 240 g/mol. The predicted molar refractivity (Wildman–Crippen MR) is 67.9 cm³/mol. The van der Waals surface area contributed by atoms with E-state index in [0.29, 0.717) is 18.9 Å². The van der Waals surface area contributed by atoms with Gasteiger partial charge in [0.1, 0.15) is 0 Å². The fourth-order valence-corrected chi connectivity index (χ4v) is 3.25. The van der Waals surface area contributed by atoms with Crippen LogP contribution in [0.1, 0.15) is 42.4 Å². The minimum atomic E-state index is -2.49. The Labute approximate surface area is 105 Å². The third-order valence-corrected chi connectivity index (χ3v) is 4.47. The molecular formula is C13H19F2NS. The van der Waals surface area contributed by atoms with Gasteiger partial charge in [0.2, 0.25) is 0 Å². The summed E-state index contributed by atoms with van der Waals surface area (Å²) in [6, 6.07) is 4.19. The van der Waals surface area contributed by atoms with E-state index in [-0.39, 0.29) is 13.0 Å². The molecule has 0 amide bonds. The molecule has 1 saturated heterocycles. The Balaban J connectivity index is 1.95. The van der Waals surface area contributed by atoms with Crippen LogP contribution in [0.2, 0.25) is 0 Å². The van der Waals surface area contributed by atoms with Crippen molar-refractivity contribution in [1.82, 2.24) is 4.90 Å². The van der Waals surface area contributed by atoms with Crippen molar-refractivity contribution in [3.63, 3.8) is 0 Å². The number of likely N-dealkylation sites (tertiary alicyclic amines) is 1. The van der Waals surface area contributed by atoms with Crippen LogP contribution < -0.4 is 0 Å². The van der Waals surface area contributed by atoms with Crippen LogP contribution in [0.5, 0.6) is 0 Å². The van der Waals surface area contributed by atoms with Crippen LogP contribution in [-0.4, -0.2) is 23.9 Å². The van der Waals surface area contributed by atoms with E-state index in [2.05, 4.69) is 26.0 Å². The fraction of sp³-hybridized carbons (Fsp3) is 0.692. The molecule has 0 bridgehead atoms. The van der Waals surface area contributed by atoms with Gasteiger partial charge in [-0.15, -0.1) is 11.3 Å². The second-order valence-electron chi connectivity index (χ2n) is 5.13. The van der Waals surface area contributed by atoms with Crippen molar-refractivity contribution in [2.75, 3.05) is 13.1 Å². The molecule has 1 aromatic rings. The lowest BCUT2D eigenvalue weighted by molar-refractivity contribution is -0.0658. The molecule has 4 heteroatoms. The Kier molecular flexibility index (Phi) is 3.83. The van der Waals surface area contributed by atoms with Gasteiger partial charge in [-0.1, -0.05) is 13.8 Å². The number of thiophene rings is 1. The Morgan fingerprint density at radius 2 is 2.18 bits per heavy atom. The van der Waals surface area contributed by atoms with E-state index in [1.807, 2.05) is 4.90 Å². The minimum Gasteiger partial charge on any atom is -0.292 e. The fourth-order valence-electron chi connectivity index (χ4n) is 2.19. The summed E-state index contributed by atoms with van der Waals surface area (Å²) in [5.74, 6) is -1.97. The van der Waals surface area contributed by atoms with Gasteiger partial charge >= 0.3 is 0 Å². The lowest BCUT2D eigenvalue weighted by Crippen LogP contribution is -2.41. The number of hydrogen-bond donors (Lipinski definition) is 0. The van der Waals surface area contributed by atoms with Gasteiger partial charge in [-0.2, -0.15) is 0 Å². The molecule has 0 unspecified atom stereocenters. The number of halogens is 2. The molecule has 1 aliphatic rings. The molecule has 1 fully saturated rings. The van der Waals surface area contributed by atoms with Gasteiger partial charge in [0.25, 0.3) is 5.92 Å². The third-order valence-electron chi connectivity index (χ3n) is 3.10. The molecule has 0 aliphatic carbocycles. The number of alkyl halides is 2. The molecule has 1 aliphatic heterocycles. The smallest absolute Gasteiger partial charge is 0.260 e. The van der Waals surface area contributed by atoms with Gasteiger partial charge in [-0.3, -0.25) is 4.90 Å². The van der Waals surface area contributed by atoms with Crippen molar-refractivity contribution in [3.05, 3.63) is 21.9 Å². The van der Waals surface area contributed by atoms with Crippen LogP contribution in [0.3, 0.4) is 0 Å². The number of hydrogen-bond acceptors (Lipinski definition) is 2. The maximum Gasteiger partial charge on any atom is 0.260 e. The average molecular weight is 259 g/mol. The van der Waals surface area contributed by atoms with Gasteiger partial charge in [0.15, 0.2) is 0 Å². The summed E-state index contributed by atoms with van der Waals surface area (Å²) < 4.78 is 26.5. The van der Waals surface area contributed by atoms with E-state index < -0.39 is 5.92 Å². The molecule has 1 nitrogen and oxygen atoms in total.